The predicted octanol–water partition coefficient (Wildman–Crippen LogP) is 2.68. The lowest BCUT2D eigenvalue weighted by Gasteiger charge is -2.09. The minimum Gasteiger partial charge on any atom is -0.495 e. The minimum absolute atomic E-state index is 0.0249. The highest BCUT2D eigenvalue weighted by atomic mass is 35.5. The molecule has 2 aromatic rings. The Hall–Kier alpha value is -1.86. The number of hydrogen-bond acceptors (Lipinski definition) is 4. The van der Waals surface area contributed by atoms with Gasteiger partial charge in [-0.15, -0.1) is 0 Å². The summed E-state index contributed by atoms with van der Waals surface area (Å²) in [4.78, 5) is 3.50. The number of pyridine rings is 1. The van der Waals surface area contributed by atoms with E-state index >= 15 is 0 Å². The molecule has 106 valence electrons. The molecule has 0 radical (unpaired) electrons. The van der Waals surface area contributed by atoms with Gasteiger partial charge in [0.1, 0.15) is 11.6 Å². The topological polar surface area (TPSA) is 68.3 Å². The van der Waals surface area contributed by atoms with E-state index in [0.29, 0.717) is 5.75 Å². The van der Waals surface area contributed by atoms with E-state index in [-0.39, 0.29) is 15.6 Å². The summed E-state index contributed by atoms with van der Waals surface area (Å²) >= 11 is 5.87. The van der Waals surface area contributed by atoms with E-state index in [9.17, 15) is 12.8 Å². The first-order valence-corrected chi connectivity index (χ1v) is 7.25. The summed E-state index contributed by atoms with van der Waals surface area (Å²) in [6.07, 6.45) is 2.17. The maximum Gasteiger partial charge on any atom is 0.262 e. The molecule has 0 amide bonds. The van der Waals surface area contributed by atoms with Crippen LogP contribution >= 0.6 is 11.6 Å². The third kappa shape index (κ3) is 3.17. The van der Waals surface area contributed by atoms with Crippen molar-refractivity contribution in [1.82, 2.24) is 4.98 Å². The van der Waals surface area contributed by atoms with Gasteiger partial charge >= 0.3 is 0 Å². The van der Waals surface area contributed by atoms with Crippen LogP contribution in [0.25, 0.3) is 0 Å². The molecule has 20 heavy (non-hydrogen) atoms. The van der Waals surface area contributed by atoms with Gasteiger partial charge in [0, 0.05) is 6.07 Å². The van der Waals surface area contributed by atoms with Crippen LogP contribution in [0, 0.1) is 5.82 Å². The molecule has 2 rings (SSSR count). The molecule has 0 saturated heterocycles. The number of hydrogen-bond donors (Lipinski definition) is 1. The third-order valence-electron chi connectivity index (χ3n) is 2.39. The zero-order valence-corrected chi connectivity index (χ0v) is 11.9. The minimum atomic E-state index is -3.87. The number of benzene rings is 1. The van der Waals surface area contributed by atoms with Crippen LogP contribution in [-0.2, 0) is 10.0 Å². The number of aromatic nitrogens is 1. The fourth-order valence-electron chi connectivity index (χ4n) is 1.50. The summed E-state index contributed by atoms with van der Waals surface area (Å²) in [5.41, 5.74) is 0.0249. The Morgan fingerprint density at radius 2 is 2.05 bits per heavy atom. The SMILES string of the molecule is COc1ccc(S(=O)(=O)Nc2cncc(F)c2)cc1Cl. The molecule has 0 atom stereocenters. The van der Waals surface area contributed by atoms with Crippen LogP contribution in [0.2, 0.25) is 5.02 Å². The Morgan fingerprint density at radius 1 is 1.30 bits per heavy atom. The second-order valence-electron chi connectivity index (χ2n) is 3.79. The van der Waals surface area contributed by atoms with Crippen LogP contribution in [0.4, 0.5) is 10.1 Å². The van der Waals surface area contributed by atoms with E-state index in [1.807, 2.05) is 0 Å². The lowest BCUT2D eigenvalue weighted by molar-refractivity contribution is 0.414. The smallest absolute Gasteiger partial charge is 0.262 e. The standard InChI is InChI=1S/C12H10ClFN2O3S/c1-19-12-3-2-10(5-11(12)13)20(17,18)16-9-4-8(14)6-15-7-9/h2-7,16H,1H3. The van der Waals surface area contributed by atoms with Crippen molar-refractivity contribution in [3.8, 4) is 5.75 Å². The van der Waals surface area contributed by atoms with Crippen molar-refractivity contribution in [3.63, 3.8) is 0 Å². The van der Waals surface area contributed by atoms with Gasteiger partial charge in [-0.05, 0) is 18.2 Å². The Labute approximate surface area is 120 Å². The summed E-state index contributed by atoms with van der Waals surface area (Å²) in [5.74, 6) is -0.281. The summed E-state index contributed by atoms with van der Waals surface area (Å²) in [6.45, 7) is 0. The van der Waals surface area contributed by atoms with E-state index < -0.39 is 15.8 Å². The number of ether oxygens (including phenoxy) is 1. The summed E-state index contributed by atoms with van der Waals surface area (Å²) in [6, 6.07) is 5.03. The van der Waals surface area contributed by atoms with E-state index in [4.69, 9.17) is 16.3 Å². The largest absolute Gasteiger partial charge is 0.495 e. The molecule has 0 unspecified atom stereocenters. The maximum atomic E-state index is 13.0. The molecular weight excluding hydrogens is 307 g/mol. The Balaban J connectivity index is 2.33. The van der Waals surface area contributed by atoms with E-state index in [2.05, 4.69) is 9.71 Å². The molecule has 1 aromatic heterocycles. The number of methoxy groups -OCH3 is 1. The number of sulfonamides is 1. The van der Waals surface area contributed by atoms with Crippen molar-refractivity contribution in [1.29, 1.82) is 0 Å². The van der Waals surface area contributed by atoms with Gasteiger partial charge in [0.15, 0.2) is 0 Å². The highest BCUT2D eigenvalue weighted by molar-refractivity contribution is 7.92. The van der Waals surface area contributed by atoms with Crippen LogP contribution in [0.15, 0.2) is 41.6 Å². The van der Waals surface area contributed by atoms with Gasteiger partial charge in [-0.3, -0.25) is 9.71 Å². The zero-order chi connectivity index (χ0) is 14.8. The first kappa shape index (κ1) is 14.5. The number of anilines is 1. The summed E-state index contributed by atoms with van der Waals surface area (Å²) < 4.78 is 44.3. The van der Waals surface area contributed by atoms with E-state index in [1.165, 1.54) is 31.5 Å². The van der Waals surface area contributed by atoms with Crippen molar-refractivity contribution in [2.45, 2.75) is 4.90 Å². The first-order valence-electron chi connectivity index (χ1n) is 5.39. The first-order chi connectivity index (χ1) is 9.42. The molecule has 5 nitrogen and oxygen atoms in total. The highest BCUT2D eigenvalue weighted by Crippen LogP contribution is 2.27. The average molecular weight is 317 g/mol. The number of halogens is 2. The van der Waals surface area contributed by atoms with Crippen LogP contribution in [0.3, 0.4) is 0 Å². The van der Waals surface area contributed by atoms with Gasteiger partial charge in [0.05, 0.1) is 35.1 Å². The van der Waals surface area contributed by atoms with Gasteiger partial charge in [0.25, 0.3) is 10.0 Å². The molecule has 0 aliphatic heterocycles. The second-order valence-corrected chi connectivity index (χ2v) is 5.88. The molecule has 8 heteroatoms. The molecule has 0 bridgehead atoms. The Bertz CT molecular complexity index is 737. The van der Waals surface area contributed by atoms with E-state index in [1.54, 1.807) is 0 Å². The normalized spacial score (nSPS) is 11.2. The zero-order valence-electron chi connectivity index (χ0n) is 10.3. The Morgan fingerprint density at radius 3 is 2.65 bits per heavy atom. The van der Waals surface area contributed by atoms with Crippen LogP contribution in [0.1, 0.15) is 0 Å². The third-order valence-corrected chi connectivity index (χ3v) is 4.06. The number of nitrogens with one attached hydrogen (secondary N) is 1. The lowest BCUT2D eigenvalue weighted by Crippen LogP contribution is -2.13. The van der Waals surface area contributed by atoms with Crippen LogP contribution < -0.4 is 9.46 Å². The summed E-state index contributed by atoms with van der Waals surface area (Å²) in [7, 11) is -2.45. The molecular formula is C12H10ClFN2O3S. The molecule has 0 spiro atoms. The molecule has 0 aliphatic carbocycles. The average Bonchev–Trinajstić information content (AvgIpc) is 2.38. The molecule has 1 aromatic carbocycles. The van der Waals surface area contributed by atoms with Crippen molar-refractivity contribution >= 4 is 27.3 Å². The van der Waals surface area contributed by atoms with Gasteiger partial charge < -0.3 is 4.74 Å². The fraction of sp³-hybridized carbons (Fsp3) is 0.0833. The second kappa shape index (κ2) is 5.64. The van der Waals surface area contributed by atoms with Crippen molar-refractivity contribution in [2.75, 3.05) is 11.8 Å². The van der Waals surface area contributed by atoms with Gasteiger partial charge in [-0.1, -0.05) is 11.6 Å². The van der Waals surface area contributed by atoms with Gasteiger partial charge in [0.2, 0.25) is 0 Å². The number of nitrogens with zero attached hydrogens (tertiary/aromatic N) is 1. The van der Waals surface area contributed by atoms with Crippen LogP contribution in [-0.4, -0.2) is 20.5 Å². The van der Waals surface area contributed by atoms with Crippen molar-refractivity contribution < 1.29 is 17.5 Å². The molecule has 0 saturated carbocycles. The quantitative estimate of drug-likeness (QED) is 0.941. The lowest BCUT2D eigenvalue weighted by atomic mass is 10.3. The van der Waals surface area contributed by atoms with Crippen molar-refractivity contribution in [3.05, 3.63) is 47.5 Å². The molecule has 1 N–H and O–H groups in total. The van der Waals surface area contributed by atoms with Crippen molar-refractivity contribution in [2.24, 2.45) is 0 Å². The van der Waals surface area contributed by atoms with Gasteiger partial charge in [-0.2, -0.15) is 0 Å². The molecule has 1 heterocycles. The predicted molar refractivity (Wildman–Crippen MR) is 73.0 cm³/mol. The van der Waals surface area contributed by atoms with Gasteiger partial charge in [-0.25, -0.2) is 12.8 Å². The molecule has 0 fully saturated rings. The fourth-order valence-corrected chi connectivity index (χ4v) is 2.88. The highest BCUT2D eigenvalue weighted by Gasteiger charge is 2.16. The summed E-state index contributed by atoms with van der Waals surface area (Å²) in [5, 5.41) is 0.160. The van der Waals surface area contributed by atoms with E-state index in [0.717, 1.165) is 12.3 Å². The number of rotatable bonds is 4. The molecule has 0 aliphatic rings. The van der Waals surface area contributed by atoms with Crippen LogP contribution in [0.5, 0.6) is 5.75 Å². The monoisotopic (exact) mass is 316 g/mol. The Kier molecular flexibility index (Phi) is 4.10. The maximum absolute atomic E-state index is 13.0.